The summed E-state index contributed by atoms with van der Waals surface area (Å²) in [4.78, 5) is 12.6. The first-order valence-electron chi connectivity index (χ1n) is 10.6. The predicted molar refractivity (Wildman–Crippen MR) is 119 cm³/mol. The number of carbonyl (C=O) groups excluding carboxylic acids is 1. The van der Waals surface area contributed by atoms with Crippen LogP contribution in [0.15, 0.2) is 53.4 Å². The highest BCUT2D eigenvalue weighted by Gasteiger charge is 2.26. The molecule has 0 spiro atoms. The molecule has 2 aromatic carbocycles. The summed E-state index contributed by atoms with van der Waals surface area (Å²) in [7, 11) is -3.55. The molecule has 0 saturated carbocycles. The Morgan fingerprint density at radius 1 is 1.06 bits per heavy atom. The number of benzene rings is 2. The van der Waals surface area contributed by atoms with Crippen molar-refractivity contribution in [2.75, 3.05) is 32.8 Å². The van der Waals surface area contributed by atoms with Gasteiger partial charge in [0.1, 0.15) is 5.75 Å². The Morgan fingerprint density at radius 3 is 2.32 bits per heavy atom. The predicted octanol–water partition coefficient (Wildman–Crippen LogP) is 2.86. The van der Waals surface area contributed by atoms with Crippen molar-refractivity contribution in [2.24, 2.45) is 0 Å². The summed E-state index contributed by atoms with van der Waals surface area (Å²) < 4.78 is 37.6. The Hall–Kier alpha value is -2.42. The lowest BCUT2D eigenvalue weighted by Crippen LogP contribution is -2.40. The third kappa shape index (κ3) is 6.53. The molecule has 8 heteroatoms. The van der Waals surface area contributed by atoms with Gasteiger partial charge in [0.15, 0.2) is 0 Å². The van der Waals surface area contributed by atoms with Crippen LogP contribution in [-0.4, -0.2) is 57.6 Å². The largest absolute Gasteiger partial charge is 0.491 e. The minimum Gasteiger partial charge on any atom is -0.491 e. The number of nitrogens with one attached hydrogen (secondary N) is 1. The van der Waals surface area contributed by atoms with E-state index >= 15 is 0 Å². The van der Waals surface area contributed by atoms with Crippen LogP contribution < -0.4 is 10.1 Å². The summed E-state index contributed by atoms with van der Waals surface area (Å²) >= 11 is 0. The number of hydrogen-bond donors (Lipinski definition) is 1. The van der Waals surface area contributed by atoms with Crippen molar-refractivity contribution >= 4 is 15.9 Å². The first-order chi connectivity index (χ1) is 14.9. The van der Waals surface area contributed by atoms with Crippen LogP contribution in [0.25, 0.3) is 0 Å². The van der Waals surface area contributed by atoms with Crippen LogP contribution in [0.5, 0.6) is 5.75 Å². The third-order valence-corrected chi connectivity index (χ3v) is 6.86. The topological polar surface area (TPSA) is 84.9 Å². The van der Waals surface area contributed by atoms with E-state index in [1.165, 1.54) is 22.0 Å². The maximum atomic E-state index is 12.6. The maximum absolute atomic E-state index is 12.6. The van der Waals surface area contributed by atoms with E-state index in [4.69, 9.17) is 9.47 Å². The van der Waals surface area contributed by atoms with E-state index in [1.807, 2.05) is 38.1 Å². The summed E-state index contributed by atoms with van der Waals surface area (Å²) in [6.07, 6.45) is 1.80. The molecule has 1 N–H and O–H groups in total. The standard InChI is InChI=1S/C23H30N2O5S/c1-18(2)30-21-9-5-19(6-10-21)4-3-13-24-23(26)20-7-11-22(12-8-20)31(27,28)25-14-16-29-17-15-25/h5-12,18H,3-4,13-17H2,1-2H3,(H,24,26). The average molecular weight is 447 g/mol. The molecule has 0 unspecified atom stereocenters. The second kappa shape index (κ2) is 10.7. The molecule has 0 radical (unpaired) electrons. The molecular weight excluding hydrogens is 416 g/mol. The van der Waals surface area contributed by atoms with Crippen LogP contribution in [0.4, 0.5) is 0 Å². The number of ether oxygens (including phenoxy) is 2. The molecule has 0 atom stereocenters. The molecule has 3 rings (SSSR count). The lowest BCUT2D eigenvalue weighted by Gasteiger charge is -2.26. The summed E-state index contributed by atoms with van der Waals surface area (Å²) in [5, 5.41) is 2.89. The molecule has 2 aromatic rings. The van der Waals surface area contributed by atoms with Gasteiger partial charge in [0.25, 0.3) is 5.91 Å². The van der Waals surface area contributed by atoms with E-state index in [0.29, 0.717) is 38.4 Å². The molecule has 0 bridgehead atoms. The molecule has 31 heavy (non-hydrogen) atoms. The van der Waals surface area contributed by atoms with Gasteiger partial charge >= 0.3 is 0 Å². The molecular formula is C23H30N2O5S. The Morgan fingerprint density at radius 2 is 1.71 bits per heavy atom. The highest BCUT2D eigenvalue weighted by molar-refractivity contribution is 7.89. The van der Waals surface area contributed by atoms with Crippen molar-refractivity contribution in [1.82, 2.24) is 9.62 Å². The SMILES string of the molecule is CC(C)Oc1ccc(CCCNC(=O)c2ccc(S(=O)(=O)N3CCOCC3)cc2)cc1. The molecule has 0 aliphatic carbocycles. The smallest absolute Gasteiger partial charge is 0.251 e. The zero-order chi connectivity index (χ0) is 22.3. The van der Waals surface area contributed by atoms with Crippen LogP contribution in [0.2, 0.25) is 0 Å². The maximum Gasteiger partial charge on any atom is 0.251 e. The van der Waals surface area contributed by atoms with Gasteiger partial charge in [-0.2, -0.15) is 4.31 Å². The van der Waals surface area contributed by atoms with Gasteiger partial charge in [-0.3, -0.25) is 4.79 Å². The minimum atomic E-state index is -3.55. The Balaban J connectivity index is 1.46. The molecule has 168 valence electrons. The quantitative estimate of drug-likeness (QED) is 0.599. The summed E-state index contributed by atoms with van der Waals surface area (Å²) in [6, 6.07) is 14.1. The van der Waals surface area contributed by atoms with Gasteiger partial charge in [-0.1, -0.05) is 12.1 Å². The van der Waals surface area contributed by atoms with Crippen molar-refractivity contribution in [3.05, 3.63) is 59.7 Å². The zero-order valence-corrected chi connectivity index (χ0v) is 18.9. The number of sulfonamides is 1. The monoisotopic (exact) mass is 446 g/mol. The highest BCUT2D eigenvalue weighted by atomic mass is 32.2. The van der Waals surface area contributed by atoms with Crippen LogP contribution in [0.1, 0.15) is 36.2 Å². The van der Waals surface area contributed by atoms with Gasteiger partial charge in [0.2, 0.25) is 10.0 Å². The molecule has 7 nitrogen and oxygen atoms in total. The average Bonchev–Trinajstić information content (AvgIpc) is 2.78. The zero-order valence-electron chi connectivity index (χ0n) is 18.0. The van der Waals surface area contributed by atoms with E-state index in [9.17, 15) is 13.2 Å². The number of rotatable bonds is 9. The number of carbonyl (C=O) groups is 1. The number of aryl methyl sites for hydroxylation is 1. The number of amides is 1. The molecule has 1 saturated heterocycles. The lowest BCUT2D eigenvalue weighted by molar-refractivity contribution is 0.0730. The van der Waals surface area contributed by atoms with Gasteiger partial charge in [-0.25, -0.2) is 8.42 Å². The fourth-order valence-corrected chi connectivity index (χ4v) is 4.73. The molecule has 1 aliphatic heterocycles. The lowest BCUT2D eigenvalue weighted by atomic mass is 10.1. The Kier molecular flexibility index (Phi) is 8.06. The number of morpholine rings is 1. The Bertz CT molecular complexity index is 950. The van der Waals surface area contributed by atoms with Crippen LogP contribution in [0, 0.1) is 0 Å². The molecule has 1 heterocycles. The second-order valence-electron chi connectivity index (χ2n) is 7.71. The number of hydrogen-bond acceptors (Lipinski definition) is 5. The van der Waals surface area contributed by atoms with E-state index < -0.39 is 10.0 Å². The van der Waals surface area contributed by atoms with Gasteiger partial charge in [0, 0.05) is 25.2 Å². The van der Waals surface area contributed by atoms with E-state index in [1.54, 1.807) is 12.1 Å². The van der Waals surface area contributed by atoms with Crippen LogP contribution in [0.3, 0.4) is 0 Å². The molecule has 1 amide bonds. The fraction of sp³-hybridized carbons (Fsp3) is 0.435. The summed E-state index contributed by atoms with van der Waals surface area (Å²) in [5.74, 6) is 0.641. The van der Waals surface area contributed by atoms with Crippen molar-refractivity contribution in [3.63, 3.8) is 0 Å². The van der Waals surface area contributed by atoms with E-state index in [2.05, 4.69) is 5.32 Å². The van der Waals surface area contributed by atoms with E-state index in [-0.39, 0.29) is 16.9 Å². The molecule has 1 aliphatic rings. The first kappa shape index (κ1) is 23.2. The summed E-state index contributed by atoms with van der Waals surface area (Å²) in [5.41, 5.74) is 1.62. The van der Waals surface area contributed by atoms with Crippen LogP contribution in [-0.2, 0) is 21.2 Å². The van der Waals surface area contributed by atoms with Crippen molar-refractivity contribution < 1.29 is 22.7 Å². The normalized spacial score (nSPS) is 15.1. The highest BCUT2D eigenvalue weighted by Crippen LogP contribution is 2.18. The minimum absolute atomic E-state index is 0.148. The second-order valence-corrected chi connectivity index (χ2v) is 9.65. The van der Waals surface area contributed by atoms with Crippen LogP contribution >= 0.6 is 0 Å². The van der Waals surface area contributed by atoms with Gasteiger partial charge < -0.3 is 14.8 Å². The van der Waals surface area contributed by atoms with Gasteiger partial charge in [-0.15, -0.1) is 0 Å². The third-order valence-electron chi connectivity index (χ3n) is 4.95. The Labute approximate surface area is 184 Å². The van der Waals surface area contributed by atoms with E-state index in [0.717, 1.165) is 18.6 Å². The summed E-state index contributed by atoms with van der Waals surface area (Å²) in [6.45, 7) is 6.01. The van der Waals surface area contributed by atoms with Gasteiger partial charge in [0.05, 0.1) is 24.2 Å². The molecule has 0 aromatic heterocycles. The molecule has 1 fully saturated rings. The fourth-order valence-electron chi connectivity index (χ4n) is 3.32. The number of nitrogens with zero attached hydrogens (tertiary/aromatic N) is 1. The van der Waals surface area contributed by atoms with Crippen molar-refractivity contribution in [3.8, 4) is 5.75 Å². The first-order valence-corrected chi connectivity index (χ1v) is 12.0. The van der Waals surface area contributed by atoms with Gasteiger partial charge in [-0.05, 0) is 68.7 Å². The van der Waals surface area contributed by atoms with Crippen molar-refractivity contribution in [1.29, 1.82) is 0 Å². The van der Waals surface area contributed by atoms with Crippen molar-refractivity contribution in [2.45, 2.75) is 37.7 Å².